The monoisotopic (exact) mass is 324 g/mol. The van der Waals surface area contributed by atoms with Crippen LogP contribution < -0.4 is 4.74 Å². The van der Waals surface area contributed by atoms with Crippen LogP contribution in [0.25, 0.3) is 21.8 Å². The Morgan fingerprint density at radius 2 is 1.71 bits per heavy atom. The van der Waals surface area contributed by atoms with Crippen molar-refractivity contribution in [1.82, 2.24) is 9.97 Å². The molecule has 0 saturated carbocycles. The Labute approximate surface area is 137 Å². The molecule has 0 atom stereocenters. The lowest BCUT2D eigenvalue weighted by atomic mass is 10.2. The number of aromatic nitrogens is 2. The summed E-state index contributed by atoms with van der Waals surface area (Å²) in [6.45, 7) is 1.29. The molecule has 2 aromatic carbocycles. The molecule has 2 aromatic heterocycles. The van der Waals surface area contributed by atoms with E-state index in [1.54, 1.807) is 18.3 Å². The molecule has 4 rings (SSSR count). The van der Waals surface area contributed by atoms with Gasteiger partial charge in [-0.1, -0.05) is 12.1 Å². The molecule has 0 spiro atoms. The highest BCUT2D eigenvalue weighted by atomic mass is 16.5. The molecule has 0 bridgehead atoms. The Kier molecular flexibility index (Phi) is 4.11. The average molecular weight is 324 g/mol. The standard InChI is InChI=1S/C10H9NO3.C8H7NO/c1-6(12)14-10-4-7-2-3-11-8(7)5-9(10)13;10-7-3-1-2-6-4-5-9-8(6)7/h2-5,11,13H,1H3;1-5,9-10H. The van der Waals surface area contributed by atoms with Crippen LogP contribution >= 0.6 is 0 Å². The number of nitrogens with one attached hydrogen (secondary N) is 2. The van der Waals surface area contributed by atoms with E-state index in [0.717, 1.165) is 21.8 Å². The fourth-order valence-electron chi connectivity index (χ4n) is 2.37. The number of carbonyl (C=O) groups excluding carboxylic acids is 1. The fourth-order valence-corrected chi connectivity index (χ4v) is 2.37. The summed E-state index contributed by atoms with van der Waals surface area (Å²) in [7, 11) is 0. The van der Waals surface area contributed by atoms with Crippen LogP contribution in [0.5, 0.6) is 17.2 Å². The van der Waals surface area contributed by atoms with Gasteiger partial charge in [0.25, 0.3) is 0 Å². The number of carbonyl (C=O) groups is 1. The minimum atomic E-state index is -0.449. The quantitative estimate of drug-likeness (QED) is 0.317. The van der Waals surface area contributed by atoms with Gasteiger partial charge in [0, 0.05) is 41.7 Å². The summed E-state index contributed by atoms with van der Waals surface area (Å²) in [6.07, 6.45) is 3.56. The molecule has 0 aliphatic heterocycles. The lowest BCUT2D eigenvalue weighted by Crippen LogP contribution is -2.01. The van der Waals surface area contributed by atoms with Crippen molar-refractivity contribution in [1.29, 1.82) is 0 Å². The largest absolute Gasteiger partial charge is 0.506 e. The molecule has 0 radical (unpaired) electrons. The van der Waals surface area contributed by atoms with Gasteiger partial charge in [-0.05, 0) is 24.3 Å². The molecule has 2 heterocycles. The first-order chi connectivity index (χ1) is 11.5. The van der Waals surface area contributed by atoms with E-state index in [2.05, 4.69) is 9.97 Å². The molecule has 0 amide bonds. The number of fused-ring (bicyclic) bond motifs is 2. The van der Waals surface area contributed by atoms with Gasteiger partial charge in [-0.2, -0.15) is 0 Å². The van der Waals surface area contributed by atoms with Crippen LogP contribution in [0.15, 0.2) is 54.9 Å². The van der Waals surface area contributed by atoms with Gasteiger partial charge in [0.15, 0.2) is 11.5 Å². The zero-order valence-corrected chi connectivity index (χ0v) is 12.9. The van der Waals surface area contributed by atoms with Crippen molar-refractivity contribution in [2.24, 2.45) is 0 Å². The average Bonchev–Trinajstić information content (AvgIpc) is 3.17. The van der Waals surface area contributed by atoms with Crippen molar-refractivity contribution in [2.75, 3.05) is 0 Å². The summed E-state index contributed by atoms with van der Waals surface area (Å²) < 4.78 is 4.82. The lowest BCUT2D eigenvalue weighted by molar-refractivity contribution is -0.132. The van der Waals surface area contributed by atoms with Gasteiger partial charge < -0.3 is 24.9 Å². The van der Waals surface area contributed by atoms with Crippen LogP contribution in [-0.4, -0.2) is 26.2 Å². The van der Waals surface area contributed by atoms with Crippen LogP contribution in [0, 0.1) is 0 Å². The predicted molar refractivity (Wildman–Crippen MR) is 91.2 cm³/mol. The second kappa shape index (κ2) is 6.37. The van der Waals surface area contributed by atoms with Gasteiger partial charge in [0.1, 0.15) is 5.75 Å². The highest BCUT2D eigenvalue weighted by Crippen LogP contribution is 2.30. The summed E-state index contributed by atoms with van der Waals surface area (Å²) in [5, 5.41) is 20.6. The third-order valence-electron chi connectivity index (χ3n) is 3.45. The van der Waals surface area contributed by atoms with E-state index in [4.69, 9.17) is 4.74 Å². The van der Waals surface area contributed by atoms with Gasteiger partial charge in [0.05, 0.1) is 5.52 Å². The van der Waals surface area contributed by atoms with Crippen LogP contribution in [0.3, 0.4) is 0 Å². The first kappa shape index (κ1) is 15.5. The predicted octanol–water partition coefficient (Wildman–Crippen LogP) is 3.67. The molecule has 0 saturated heterocycles. The lowest BCUT2D eigenvalue weighted by Gasteiger charge is -2.03. The van der Waals surface area contributed by atoms with E-state index in [-0.39, 0.29) is 11.5 Å². The van der Waals surface area contributed by atoms with Crippen LogP contribution in [0.4, 0.5) is 0 Å². The maximum atomic E-state index is 10.7. The van der Waals surface area contributed by atoms with Gasteiger partial charge in [-0.15, -0.1) is 0 Å². The molecule has 6 heteroatoms. The number of hydrogen-bond donors (Lipinski definition) is 4. The van der Waals surface area contributed by atoms with Crippen molar-refractivity contribution in [3.8, 4) is 17.2 Å². The van der Waals surface area contributed by atoms with Crippen LogP contribution in [0.2, 0.25) is 0 Å². The molecule has 24 heavy (non-hydrogen) atoms. The second-order valence-electron chi connectivity index (χ2n) is 5.20. The SMILES string of the molecule is CC(=O)Oc1cc2cc[nH]c2cc1O.Oc1cccc2cc[nH]c12. The number of phenols is 2. The van der Waals surface area contributed by atoms with E-state index in [9.17, 15) is 15.0 Å². The number of esters is 1. The normalized spacial score (nSPS) is 10.4. The first-order valence-electron chi connectivity index (χ1n) is 7.28. The number of rotatable bonds is 1. The Bertz CT molecular complexity index is 1000. The molecule has 0 unspecified atom stereocenters. The number of aromatic hydroxyl groups is 2. The minimum absolute atomic E-state index is 0.0462. The molecule has 6 nitrogen and oxygen atoms in total. The Balaban J connectivity index is 0.000000149. The highest BCUT2D eigenvalue weighted by Gasteiger charge is 2.07. The number of benzene rings is 2. The zero-order chi connectivity index (χ0) is 17.1. The van der Waals surface area contributed by atoms with Gasteiger partial charge >= 0.3 is 5.97 Å². The summed E-state index contributed by atoms with van der Waals surface area (Å²) in [5.74, 6) is -0.00237. The molecule has 122 valence electrons. The third-order valence-corrected chi connectivity index (χ3v) is 3.45. The van der Waals surface area contributed by atoms with E-state index in [0.29, 0.717) is 5.75 Å². The van der Waals surface area contributed by atoms with Crippen LogP contribution in [0.1, 0.15) is 6.92 Å². The molecule has 4 aromatic rings. The Morgan fingerprint density at radius 3 is 2.46 bits per heavy atom. The van der Waals surface area contributed by atoms with E-state index in [1.165, 1.54) is 13.0 Å². The third kappa shape index (κ3) is 3.17. The number of para-hydroxylation sites is 1. The van der Waals surface area contributed by atoms with Gasteiger partial charge in [-0.25, -0.2) is 0 Å². The van der Waals surface area contributed by atoms with Crippen molar-refractivity contribution >= 4 is 27.8 Å². The number of ether oxygens (including phenoxy) is 1. The van der Waals surface area contributed by atoms with E-state index in [1.807, 2.05) is 30.5 Å². The zero-order valence-electron chi connectivity index (χ0n) is 12.9. The number of hydrogen-bond acceptors (Lipinski definition) is 4. The number of H-pyrrole nitrogens is 2. The summed E-state index contributed by atoms with van der Waals surface area (Å²) in [5.41, 5.74) is 1.61. The van der Waals surface area contributed by atoms with Crippen LogP contribution in [-0.2, 0) is 4.79 Å². The Hall–Kier alpha value is -3.41. The van der Waals surface area contributed by atoms with E-state index >= 15 is 0 Å². The fraction of sp³-hybridized carbons (Fsp3) is 0.0556. The molecule has 0 aliphatic carbocycles. The van der Waals surface area contributed by atoms with Gasteiger partial charge in [0.2, 0.25) is 0 Å². The van der Waals surface area contributed by atoms with E-state index < -0.39 is 5.97 Å². The maximum absolute atomic E-state index is 10.7. The first-order valence-corrected chi connectivity index (χ1v) is 7.28. The molecular formula is C18H16N2O4. The summed E-state index contributed by atoms with van der Waals surface area (Å²) in [6, 6.07) is 12.3. The maximum Gasteiger partial charge on any atom is 0.308 e. The number of aromatic amines is 2. The molecule has 0 aliphatic rings. The van der Waals surface area contributed by atoms with Crippen molar-refractivity contribution in [3.63, 3.8) is 0 Å². The van der Waals surface area contributed by atoms with Crippen molar-refractivity contribution < 1.29 is 19.7 Å². The second-order valence-corrected chi connectivity index (χ2v) is 5.20. The Morgan fingerprint density at radius 1 is 0.958 bits per heavy atom. The minimum Gasteiger partial charge on any atom is -0.506 e. The molecule has 4 N–H and O–H groups in total. The highest BCUT2D eigenvalue weighted by molar-refractivity contribution is 5.85. The topological polar surface area (TPSA) is 98.3 Å². The van der Waals surface area contributed by atoms with Gasteiger partial charge in [-0.3, -0.25) is 4.79 Å². The van der Waals surface area contributed by atoms with Crippen molar-refractivity contribution in [3.05, 3.63) is 54.9 Å². The summed E-state index contributed by atoms with van der Waals surface area (Å²) >= 11 is 0. The smallest absolute Gasteiger partial charge is 0.308 e. The summed E-state index contributed by atoms with van der Waals surface area (Å²) in [4.78, 5) is 16.6. The molecule has 0 fully saturated rings. The molecular weight excluding hydrogens is 308 g/mol. The number of phenolic OH excluding ortho intramolecular Hbond substituents is 2. The van der Waals surface area contributed by atoms with Crippen molar-refractivity contribution in [2.45, 2.75) is 6.92 Å².